The Morgan fingerprint density at radius 1 is 1.62 bits per heavy atom. The van der Waals surface area contributed by atoms with E-state index >= 15 is 0 Å². The fraction of sp³-hybridized carbons (Fsp3) is 0.333. The van der Waals surface area contributed by atoms with Crippen LogP contribution >= 0.6 is 0 Å². The van der Waals surface area contributed by atoms with Gasteiger partial charge < -0.3 is 16.2 Å². The van der Waals surface area contributed by atoms with Crippen LogP contribution in [-0.2, 0) is 0 Å². The zero-order valence-electron chi connectivity index (χ0n) is 7.42. The van der Waals surface area contributed by atoms with Crippen molar-refractivity contribution in [2.45, 2.75) is 6.04 Å². The molecule has 0 aliphatic rings. The van der Waals surface area contributed by atoms with Crippen LogP contribution < -0.4 is 11.1 Å². The van der Waals surface area contributed by atoms with E-state index in [0.717, 1.165) is 0 Å². The number of rotatable bonds is 3. The molecule has 0 radical (unpaired) electrons. The van der Waals surface area contributed by atoms with Gasteiger partial charge in [0.2, 0.25) is 0 Å². The van der Waals surface area contributed by atoms with Crippen molar-refractivity contribution in [3.8, 4) is 0 Å². The molecule has 1 aromatic carbocycles. The minimum atomic E-state index is -0.453. The molecule has 1 unspecified atom stereocenters. The molecule has 1 aromatic rings. The molecule has 4 heteroatoms. The summed E-state index contributed by atoms with van der Waals surface area (Å²) in [5.41, 5.74) is 6.13. The van der Waals surface area contributed by atoms with Crippen molar-refractivity contribution >= 4 is 5.69 Å². The van der Waals surface area contributed by atoms with Crippen molar-refractivity contribution in [2.75, 3.05) is 19.4 Å². The van der Waals surface area contributed by atoms with Crippen LogP contribution in [0.3, 0.4) is 0 Å². The first kappa shape index (κ1) is 9.95. The monoisotopic (exact) mass is 184 g/mol. The van der Waals surface area contributed by atoms with E-state index in [9.17, 15) is 4.39 Å². The molecule has 0 heterocycles. The Bertz CT molecular complexity index is 287. The summed E-state index contributed by atoms with van der Waals surface area (Å²) < 4.78 is 13.0. The number of benzene rings is 1. The summed E-state index contributed by atoms with van der Waals surface area (Å²) in [6.45, 7) is -0.0696. The number of nitrogens with one attached hydrogen (secondary N) is 1. The summed E-state index contributed by atoms with van der Waals surface area (Å²) in [4.78, 5) is 0. The molecule has 0 bridgehead atoms. The Labute approximate surface area is 76.4 Å². The number of anilines is 1. The van der Waals surface area contributed by atoms with Crippen molar-refractivity contribution in [2.24, 2.45) is 0 Å². The summed E-state index contributed by atoms with van der Waals surface area (Å²) >= 11 is 0. The first-order valence-electron chi connectivity index (χ1n) is 4.02. The molecule has 1 atom stereocenters. The van der Waals surface area contributed by atoms with Gasteiger partial charge in [0.15, 0.2) is 0 Å². The number of hydrogen-bond acceptors (Lipinski definition) is 3. The summed E-state index contributed by atoms with van der Waals surface area (Å²) in [6, 6.07) is 4.27. The van der Waals surface area contributed by atoms with Crippen LogP contribution in [0.1, 0.15) is 11.6 Å². The largest absolute Gasteiger partial charge is 0.396 e. The van der Waals surface area contributed by atoms with E-state index in [2.05, 4.69) is 5.32 Å². The van der Waals surface area contributed by atoms with Crippen LogP contribution in [0.15, 0.2) is 18.2 Å². The van der Waals surface area contributed by atoms with Gasteiger partial charge in [0, 0.05) is 0 Å². The van der Waals surface area contributed by atoms with Gasteiger partial charge in [0.1, 0.15) is 5.82 Å². The van der Waals surface area contributed by atoms with E-state index in [0.29, 0.717) is 5.56 Å². The minimum absolute atomic E-state index is 0.0696. The maximum absolute atomic E-state index is 13.0. The molecule has 0 aliphatic carbocycles. The third kappa shape index (κ3) is 2.17. The molecule has 0 amide bonds. The molecule has 13 heavy (non-hydrogen) atoms. The summed E-state index contributed by atoms with van der Waals surface area (Å²) in [5, 5.41) is 11.8. The molecule has 0 aromatic heterocycles. The van der Waals surface area contributed by atoms with Crippen molar-refractivity contribution in [1.82, 2.24) is 5.32 Å². The van der Waals surface area contributed by atoms with Gasteiger partial charge in [0.25, 0.3) is 0 Å². The van der Waals surface area contributed by atoms with E-state index in [4.69, 9.17) is 10.8 Å². The third-order valence-corrected chi connectivity index (χ3v) is 1.96. The molecule has 0 spiro atoms. The summed E-state index contributed by atoms with van der Waals surface area (Å²) in [7, 11) is 1.70. The van der Waals surface area contributed by atoms with Gasteiger partial charge in [-0.15, -0.1) is 0 Å². The highest BCUT2D eigenvalue weighted by Crippen LogP contribution is 2.17. The number of halogens is 1. The Morgan fingerprint density at radius 2 is 2.31 bits per heavy atom. The number of likely N-dealkylation sites (N-methyl/N-ethyl adjacent to an activating group) is 1. The quantitative estimate of drug-likeness (QED) is 0.605. The first-order chi connectivity index (χ1) is 6.19. The number of hydrogen-bond donors (Lipinski definition) is 3. The van der Waals surface area contributed by atoms with Crippen LogP contribution in [0.4, 0.5) is 10.1 Å². The molecular formula is C9H13FN2O. The van der Waals surface area contributed by atoms with E-state index in [1.54, 1.807) is 13.1 Å². The molecule has 1 rings (SSSR count). The van der Waals surface area contributed by atoms with Crippen molar-refractivity contribution in [1.29, 1.82) is 0 Å². The number of nitrogens with two attached hydrogens (primary N) is 1. The SMILES string of the molecule is CNC(CO)c1ccc(N)c(F)c1. The lowest BCUT2D eigenvalue weighted by Crippen LogP contribution is -2.20. The maximum atomic E-state index is 13.0. The molecule has 0 fully saturated rings. The summed E-state index contributed by atoms with van der Waals surface area (Å²) in [5.74, 6) is -0.453. The Hall–Kier alpha value is -1.13. The Morgan fingerprint density at radius 3 is 2.77 bits per heavy atom. The number of aliphatic hydroxyl groups is 1. The molecule has 4 N–H and O–H groups in total. The van der Waals surface area contributed by atoms with Crippen molar-refractivity contribution in [3.05, 3.63) is 29.6 Å². The Kier molecular flexibility index (Phi) is 3.22. The van der Waals surface area contributed by atoms with E-state index in [-0.39, 0.29) is 18.3 Å². The van der Waals surface area contributed by atoms with Crippen LogP contribution in [0, 0.1) is 5.82 Å². The lowest BCUT2D eigenvalue weighted by Gasteiger charge is -2.13. The van der Waals surface area contributed by atoms with Crippen LogP contribution in [-0.4, -0.2) is 18.8 Å². The second kappa shape index (κ2) is 4.20. The van der Waals surface area contributed by atoms with Gasteiger partial charge in [-0.3, -0.25) is 0 Å². The summed E-state index contributed by atoms with van der Waals surface area (Å²) in [6.07, 6.45) is 0. The average molecular weight is 184 g/mol. The van der Waals surface area contributed by atoms with E-state index in [1.807, 2.05) is 0 Å². The highest BCUT2D eigenvalue weighted by Gasteiger charge is 2.09. The first-order valence-corrected chi connectivity index (χ1v) is 4.02. The third-order valence-electron chi connectivity index (χ3n) is 1.96. The maximum Gasteiger partial charge on any atom is 0.146 e. The van der Waals surface area contributed by atoms with Gasteiger partial charge in [-0.1, -0.05) is 6.07 Å². The fourth-order valence-corrected chi connectivity index (χ4v) is 1.12. The normalized spacial score (nSPS) is 12.8. The predicted molar refractivity (Wildman–Crippen MR) is 49.7 cm³/mol. The molecule has 3 nitrogen and oxygen atoms in total. The highest BCUT2D eigenvalue weighted by molar-refractivity contribution is 5.42. The predicted octanol–water partition coefficient (Wildman–Crippen LogP) is 0.661. The van der Waals surface area contributed by atoms with Gasteiger partial charge >= 0.3 is 0 Å². The van der Waals surface area contributed by atoms with Crippen molar-refractivity contribution < 1.29 is 9.50 Å². The van der Waals surface area contributed by atoms with E-state index in [1.165, 1.54) is 12.1 Å². The van der Waals surface area contributed by atoms with Crippen molar-refractivity contribution in [3.63, 3.8) is 0 Å². The topological polar surface area (TPSA) is 58.3 Å². The van der Waals surface area contributed by atoms with Crippen LogP contribution in [0.2, 0.25) is 0 Å². The smallest absolute Gasteiger partial charge is 0.146 e. The lowest BCUT2D eigenvalue weighted by atomic mass is 10.1. The second-order valence-electron chi connectivity index (χ2n) is 2.80. The molecule has 72 valence electrons. The number of aliphatic hydroxyl groups excluding tert-OH is 1. The lowest BCUT2D eigenvalue weighted by molar-refractivity contribution is 0.251. The van der Waals surface area contributed by atoms with E-state index < -0.39 is 5.82 Å². The average Bonchev–Trinajstić information content (AvgIpc) is 2.13. The van der Waals surface area contributed by atoms with Gasteiger partial charge in [-0.2, -0.15) is 0 Å². The van der Waals surface area contributed by atoms with Gasteiger partial charge in [0.05, 0.1) is 18.3 Å². The van der Waals surface area contributed by atoms with Crippen LogP contribution in [0.25, 0.3) is 0 Å². The fourth-order valence-electron chi connectivity index (χ4n) is 1.12. The zero-order chi connectivity index (χ0) is 9.84. The molecule has 0 saturated carbocycles. The standard InChI is InChI=1S/C9H13FN2O/c1-12-9(5-13)6-2-3-8(11)7(10)4-6/h2-4,9,12-13H,5,11H2,1H3. The highest BCUT2D eigenvalue weighted by atomic mass is 19.1. The Balaban J connectivity index is 2.95. The number of nitrogen functional groups attached to an aromatic ring is 1. The van der Waals surface area contributed by atoms with Gasteiger partial charge in [-0.05, 0) is 24.7 Å². The molecule has 0 saturated heterocycles. The molecule has 0 aliphatic heterocycles. The minimum Gasteiger partial charge on any atom is -0.396 e. The van der Waals surface area contributed by atoms with Gasteiger partial charge in [-0.25, -0.2) is 4.39 Å². The second-order valence-corrected chi connectivity index (χ2v) is 2.80. The zero-order valence-corrected chi connectivity index (χ0v) is 7.42. The molecular weight excluding hydrogens is 171 g/mol. The van der Waals surface area contributed by atoms with Crippen LogP contribution in [0.5, 0.6) is 0 Å².